The molecule has 30 heavy (non-hydrogen) atoms. The summed E-state index contributed by atoms with van der Waals surface area (Å²) >= 11 is 6.32. The van der Waals surface area contributed by atoms with E-state index in [1.165, 1.54) is 5.56 Å². The summed E-state index contributed by atoms with van der Waals surface area (Å²) < 4.78 is 0. The predicted molar refractivity (Wildman–Crippen MR) is 122 cm³/mol. The number of fused-ring (bicyclic) bond motifs is 1. The summed E-state index contributed by atoms with van der Waals surface area (Å²) in [5.41, 5.74) is 5.65. The average molecular weight is 422 g/mol. The molecule has 4 nitrogen and oxygen atoms in total. The van der Waals surface area contributed by atoms with Crippen LogP contribution < -0.4 is 4.90 Å². The molecule has 0 aliphatic carbocycles. The van der Waals surface area contributed by atoms with Gasteiger partial charge in [0.05, 0.1) is 11.7 Å². The van der Waals surface area contributed by atoms with E-state index in [2.05, 4.69) is 56.9 Å². The van der Waals surface area contributed by atoms with E-state index < -0.39 is 0 Å². The lowest BCUT2D eigenvalue weighted by Gasteiger charge is -2.28. The van der Waals surface area contributed by atoms with E-state index in [4.69, 9.17) is 11.6 Å². The van der Waals surface area contributed by atoms with Crippen LogP contribution in [0.5, 0.6) is 0 Å². The quantitative estimate of drug-likeness (QED) is 0.536. The molecular formula is C25H28ClN3O. The number of aromatic nitrogens is 2. The number of amides is 1. The summed E-state index contributed by atoms with van der Waals surface area (Å²) in [4.78, 5) is 15.3. The number of aromatic amines is 1. The van der Waals surface area contributed by atoms with Gasteiger partial charge in [-0.1, -0.05) is 70.5 Å². The third-order valence-electron chi connectivity index (χ3n) is 5.62. The standard InChI is InChI=1S/C25H28ClN3O/c1-15(2)13-20-21-22(28-27-20)24(30)29(23(21)16-7-6-8-18(26)14-16)19-11-9-17(10-12-19)25(3,4)5/h6-12,14-15,23H,13H2,1-5H3,(H,27,28). The van der Waals surface area contributed by atoms with Gasteiger partial charge in [0.2, 0.25) is 0 Å². The first-order valence-electron chi connectivity index (χ1n) is 10.4. The number of H-pyrrole nitrogens is 1. The van der Waals surface area contributed by atoms with Gasteiger partial charge in [-0.15, -0.1) is 0 Å². The molecule has 0 fully saturated rings. The lowest BCUT2D eigenvalue weighted by Crippen LogP contribution is -2.29. The van der Waals surface area contributed by atoms with E-state index in [1.807, 2.05) is 41.3 Å². The molecule has 1 atom stereocenters. The number of hydrogen-bond acceptors (Lipinski definition) is 2. The summed E-state index contributed by atoms with van der Waals surface area (Å²) in [5, 5.41) is 8.17. The van der Waals surface area contributed by atoms with Crippen LogP contribution in [-0.4, -0.2) is 16.1 Å². The Hall–Kier alpha value is -2.59. The molecule has 1 unspecified atom stereocenters. The van der Waals surface area contributed by atoms with E-state index >= 15 is 0 Å². The third kappa shape index (κ3) is 3.65. The van der Waals surface area contributed by atoms with Crippen LogP contribution in [0.25, 0.3) is 0 Å². The van der Waals surface area contributed by atoms with Crippen molar-refractivity contribution in [2.24, 2.45) is 5.92 Å². The number of carbonyl (C=O) groups is 1. The second-order valence-corrected chi connectivity index (χ2v) is 9.92. The number of nitrogens with one attached hydrogen (secondary N) is 1. The molecule has 156 valence electrons. The molecule has 4 rings (SSSR count). The Morgan fingerprint density at radius 2 is 1.83 bits per heavy atom. The third-order valence-corrected chi connectivity index (χ3v) is 5.86. The monoisotopic (exact) mass is 421 g/mol. The Bertz CT molecular complexity index is 1080. The van der Waals surface area contributed by atoms with Crippen molar-refractivity contribution in [1.29, 1.82) is 0 Å². The highest BCUT2D eigenvalue weighted by Crippen LogP contribution is 2.43. The van der Waals surface area contributed by atoms with Crippen molar-refractivity contribution >= 4 is 23.2 Å². The normalized spacial score (nSPS) is 16.4. The van der Waals surface area contributed by atoms with Crippen molar-refractivity contribution in [3.8, 4) is 0 Å². The topological polar surface area (TPSA) is 49.0 Å². The van der Waals surface area contributed by atoms with Crippen LogP contribution in [0.4, 0.5) is 5.69 Å². The zero-order valence-electron chi connectivity index (χ0n) is 18.2. The number of hydrogen-bond donors (Lipinski definition) is 1. The van der Waals surface area contributed by atoms with Crippen LogP contribution in [0.15, 0.2) is 48.5 Å². The van der Waals surface area contributed by atoms with Gasteiger partial charge in [0.15, 0.2) is 0 Å². The lowest BCUT2D eigenvalue weighted by atomic mass is 9.87. The number of rotatable bonds is 4. The number of nitrogens with zero attached hydrogens (tertiary/aromatic N) is 2. The van der Waals surface area contributed by atoms with Gasteiger partial charge in [-0.05, 0) is 53.1 Å². The molecule has 0 saturated heterocycles. The van der Waals surface area contributed by atoms with Crippen LogP contribution >= 0.6 is 11.6 Å². The molecule has 1 aliphatic rings. The molecule has 2 heterocycles. The SMILES string of the molecule is CC(C)Cc1n[nH]c2c1C(c1cccc(Cl)c1)N(c1ccc(C(C)(C)C)cc1)C2=O. The predicted octanol–water partition coefficient (Wildman–Crippen LogP) is 6.31. The maximum Gasteiger partial charge on any atom is 0.277 e. The van der Waals surface area contributed by atoms with Crippen LogP contribution in [0.2, 0.25) is 5.02 Å². The average Bonchev–Trinajstić information content (AvgIpc) is 3.20. The summed E-state index contributed by atoms with van der Waals surface area (Å²) in [6, 6.07) is 15.8. The van der Waals surface area contributed by atoms with Gasteiger partial charge in [0.25, 0.3) is 5.91 Å². The summed E-state index contributed by atoms with van der Waals surface area (Å²) in [7, 11) is 0. The fourth-order valence-corrected chi connectivity index (χ4v) is 4.33. The molecule has 5 heteroatoms. The largest absolute Gasteiger partial charge is 0.295 e. The molecule has 1 aromatic heterocycles. The van der Waals surface area contributed by atoms with Gasteiger partial charge in [0.1, 0.15) is 5.69 Å². The molecule has 0 saturated carbocycles. The van der Waals surface area contributed by atoms with Crippen LogP contribution in [0, 0.1) is 5.92 Å². The number of halogens is 1. The minimum Gasteiger partial charge on any atom is -0.295 e. The molecule has 0 radical (unpaired) electrons. The van der Waals surface area contributed by atoms with Crippen molar-refractivity contribution in [2.45, 2.75) is 52.5 Å². The summed E-state index contributed by atoms with van der Waals surface area (Å²) in [6.45, 7) is 10.9. The molecular weight excluding hydrogens is 394 g/mol. The Kier molecular flexibility index (Phi) is 5.23. The number of anilines is 1. The molecule has 2 aromatic carbocycles. The van der Waals surface area contributed by atoms with Crippen LogP contribution in [0.1, 0.15) is 73.5 Å². The Morgan fingerprint density at radius 1 is 1.13 bits per heavy atom. The Labute approximate surface area is 183 Å². The highest BCUT2D eigenvalue weighted by molar-refractivity contribution is 6.30. The van der Waals surface area contributed by atoms with Gasteiger partial charge in [-0.25, -0.2) is 0 Å². The Morgan fingerprint density at radius 3 is 2.43 bits per heavy atom. The fraction of sp³-hybridized carbons (Fsp3) is 0.360. The van der Waals surface area contributed by atoms with E-state index in [0.29, 0.717) is 16.6 Å². The maximum absolute atomic E-state index is 13.5. The summed E-state index contributed by atoms with van der Waals surface area (Å²) in [5.74, 6) is 0.383. The summed E-state index contributed by atoms with van der Waals surface area (Å²) in [6.07, 6.45) is 0.812. The van der Waals surface area contributed by atoms with E-state index in [-0.39, 0.29) is 17.4 Å². The number of carbonyl (C=O) groups excluding carboxylic acids is 1. The van der Waals surface area contributed by atoms with E-state index in [0.717, 1.165) is 28.9 Å². The lowest BCUT2D eigenvalue weighted by molar-refractivity contribution is 0.0988. The van der Waals surface area contributed by atoms with Gasteiger partial charge >= 0.3 is 0 Å². The minimum atomic E-state index is -0.251. The molecule has 0 bridgehead atoms. The van der Waals surface area contributed by atoms with Gasteiger partial charge in [0, 0.05) is 16.3 Å². The smallest absolute Gasteiger partial charge is 0.277 e. The van der Waals surface area contributed by atoms with Crippen molar-refractivity contribution in [3.63, 3.8) is 0 Å². The zero-order valence-corrected chi connectivity index (χ0v) is 18.9. The zero-order chi connectivity index (χ0) is 21.6. The van der Waals surface area contributed by atoms with E-state index in [1.54, 1.807) is 0 Å². The van der Waals surface area contributed by atoms with Gasteiger partial charge in [-0.3, -0.25) is 14.8 Å². The maximum atomic E-state index is 13.5. The molecule has 1 amide bonds. The molecule has 1 N–H and O–H groups in total. The fourth-order valence-electron chi connectivity index (χ4n) is 4.14. The van der Waals surface area contributed by atoms with E-state index in [9.17, 15) is 4.79 Å². The first-order chi connectivity index (χ1) is 14.2. The van der Waals surface area contributed by atoms with Crippen LogP contribution in [0.3, 0.4) is 0 Å². The van der Waals surface area contributed by atoms with Crippen LogP contribution in [-0.2, 0) is 11.8 Å². The minimum absolute atomic E-state index is 0.0541. The molecule has 1 aliphatic heterocycles. The van der Waals surface area contributed by atoms with Gasteiger partial charge in [-0.2, -0.15) is 5.10 Å². The molecule has 0 spiro atoms. The highest BCUT2D eigenvalue weighted by Gasteiger charge is 2.42. The second kappa shape index (κ2) is 7.59. The van der Waals surface area contributed by atoms with Crippen molar-refractivity contribution in [3.05, 3.63) is 81.6 Å². The molecule has 3 aromatic rings. The van der Waals surface area contributed by atoms with Gasteiger partial charge < -0.3 is 0 Å². The second-order valence-electron chi connectivity index (χ2n) is 9.49. The Balaban J connectivity index is 1.85. The van der Waals surface area contributed by atoms with Crippen molar-refractivity contribution < 1.29 is 4.79 Å². The number of benzene rings is 2. The highest BCUT2D eigenvalue weighted by atomic mass is 35.5. The van der Waals surface area contributed by atoms with Crippen molar-refractivity contribution in [2.75, 3.05) is 4.90 Å². The first kappa shape index (κ1) is 20.7. The first-order valence-corrected chi connectivity index (χ1v) is 10.8. The van der Waals surface area contributed by atoms with Crippen molar-refractivity contribution in [1.82, 2.24) is 10.2 Å².